The number of carbonyl (C=O) groups is 1. The molecule has 1 N–H and O–H groups in total. The highest BCUT2D eigenvalue weighted by molar-refractivity contribution is 6.03. The van der Waals surface area contributed by atoms with Crippen molar-refractivity contribution in [3.63, 3.8) is 0 Å². The third-order valence-electron chi connectivity index (χ3n) is 6.22. The molecule has 0 unspecified atom stereocenters. The predicted molar refractivity (Wildman–Crippen MR) is 97.9 cm³/mol. The predicted octanol–water partition coefficient (Wildman–Crippen LogP) is 4.35. The Labute approximate surface area is 152 Å². The molecule has 0 amide bonds. The SMILES string of the molecule is [C-]#[N+]C1=C(O)C(C)(C)[C@@H]2Cc3c(cnn3-c3ccccc3)C(=O)[C@@]2(C)C1. The Morgan fingerprint density at radius 2 is 1.96 bits per heavy atom. The van der Waals surface area contributed by atoms with E-state index in [0.717, 1.165) is 11.4 Å². The number of benzene rings is 1. The number of aromatic nitrogens is 2. The lowest BCUT2D eigenvalue weighted by atomic mass is 9.52. The smallest absolute Gasteiger partial charge is 0.203 e. The zero-order valence-electron chi connectivity index (χ0n) is 15.2. The van der Waals surface area contributed by atoms with Crippen LogP contribution in [0, 0.1) is 23.3 Å². The number of ketones is 1. The van der Waals surface area contributed by atoms with E-state index in [1.54, 1.807) is 6.20 Å². The van der Waals surface area contributed by atoms with Gasteiger partial charge in [-0.1, -0.05) is 39.0 Å². The highest BCUT2D eigenvalue weighted by atomic mass is 16.3. The molecule has 2 aliphatic carbocycles. The van der Waals surface area contributed by atoms with Gasteiger partial charge in [0.15, 0.2) is 5.78 Å². The van der Waals surface area contributed by atoms with Crippen LogP contribution < -0.4 is 0 Å². The van der Waals surface area contributed by atoms with Crippen molar-refractivity contribution >= 4 is 5.78 Å². The van der Waals surface area contributed by atoms with Gasteiger partial charge in [0, 0.05) is 10.8 Å². The largest absolute Gasteiger partial charge is 0.523 e. The Hall–Kier alpha value is -2.87. The van der Waals surface area contributed by atoms with Crippen molar-refractivity contribution < 1.29 is 9.90 Å². The van der Waals surface area contributed by atoms with E-state index in [1.165, 1.54) is 0 Å². The number of hydrogen-bond acceptors (Lipinski definition) is 3. The lowest BCUT2D eigenvalue weighted by Gasteiger charge is -2.51. The Bertz CT molecular complexity index is 978. The van der Waals surface area contributed by atoms with Crippen molar-refractivity contribution in [2.24, 2.45) is 16.7 Å². The van der Waals surface area contributed by atoms with E-state index < -0.39 is 10.8 Å². The van der Waals surface area contributed by atoms with Gasteiger partial charge in [-0.15, -0.1) is 0 Å². The van der Waals surface area contributed by atoms with Crippen LogP contribution in [0.25, 0.3) is 10.5 Å². The van der Waals surface area contributed by atoms with Gasteiger partial charge in [-0.3, -0.25) is 4.79 Å². The molecule has 0 saturated carbocycles. The molecule has 132 valence electrons. The molecule has 5 nitrogen and oxygen atoms in total. The van der Waals surface area contributed by atoms with Crippen molar-refractivity contribution in [1.29, 1.82) is 0 Å². The van der Waals surface area contributed by atoms with Crippen LogP contribution in [0.3, 0.4) is 0 Å². The zero-order valence-corrected chi connectivity index (χ0v) is 15.2. The lowest BCUT2D eigenvalue weighted by molar-refractivity contribution is 0.0222. The van der Waals surface area contributed by atoms with E-state index in [2.05, 4.69) is 9.94 Å². The average molecular weight is 347 g/mol. The molecule has 1 heterocycles. The molecule has 1 aromatic heterocycles. The van der Waals surface area contributed by atoms with Crippen LogP contribution in [0.2, 0.25) is 0 Å². The summed E-state index contributed by atoms with van der Waals surface area (Å²) in [5.41, 5.74) is 1.39. The van der Waals surface area contributed by atoms with E-state index in [1.807, 2.05) is 55.8 Å². The number of aliphatic hydroxyl groups excluding tert-OH is 1. The third kappa shape index (κ3) is 2.02. The van der Waals surface area contributed by atoms with Gasteiger partial charge in [-0.05, 0) is 30.9 Å². The zero-order chi connectivity index (χ0) is 18.7. The van der Waals surface area contributed by atoms with Gasteiger partial charge < -0.3 is 5.11 Å². The number of rotatable bonds is 1. The van der Waals surface area contributed by atoms with Gasteiger partial charge in [-0.25, -0.2) is 9.53 Å². The Kier molecular flexibility index (Phi) is 3.39. The molecule has 0 saturated heterocycles. The molecule has 4 rings (SSSR count). The summed E-state index contributed by atoms with van der Waals surface area (Å²) in [4.78, 5) is 16.9. The standard InChI is InChI=1S/C21H21N3O2/c1-20(2)17-10-16-14(12-23-24(16)13-8-6-5-7-9-13)18(25)21(17,3)11-15(22-4)19(20)26/h5-9,12,17,26H,10-11H2,1-3H3/t17-,21-/m0/s1. The summed E-state index contributed by atoms with van der Waals surface area (Å²) in [6.07, 6.45) is 2.56. The maximum Gasteiger partial charge on any atom is 0.203 e. The first-order valence-corrected chi connectivity index (χ1v) is 8.78. The summed E-state index contributed by atoms with van der Waals surface area (Å²) in [6, 6.07) is 9.76. The monoisotopic (exact) mass is 347 g/mol. The molecule has 0 aliphatic heterocycles. The van der Waals surface area contributed by atoms with Crippen molar-refractivity contribution in [3.05, 3.63) is 70.7 Å². The molecule has 2 aromatic rings. The molecule has 0 radical (unpaired) electrons. The fourth-order valence-corrected chi connectivity index (χ4v) is 4.75. The average Bonchev–Trinajstić information content (AvgIpc) is 3.06. The second-order valence-electron chi connectivity index (χ2n) is 8.06. The highest BCUT2D eigenvalue weighted by Gasteiger charge is 2.57. The number of para-hydroxylation sites is 1. The van der Waals surface area contributed by atoms with Gasteiger partial charge in [0.05, 0.1) is 29.7 Å². The van der Waals surface area contributed by atoms with E-state index in [0.29, 0.717) is 17.7 Å². The molecule has 2 atom stereocenters. The number of carbonyl (C=O) groups excluding carboxylic acids is 1. The normalized spacial score (nSPS) is 26.8. The summed E-state index contributed by atoms with van der Waals surface area (Å²) in [7, 11) is 0. The molecule has 1 aromatic carbocycles. The maximum atomic E-state index is 13.4. The highest BCUT2D eigenvalue weighted by Crippen LogP contribution is 2.57. The summed E-state index contributed by atoms with van der Waals surface area (Å²) in [5, 5.41) is 15.1. The van der Waals surface area contributed by atoms with Gasteiger partial charge >= 0.3 is 0 Å². The molecular weight excluding hydrogens is 326 g/mol. The van der Waals surface area contributed by atoms with E-state index in [4.69, 9.17) is 6.57 Å². The second-order valence-corrected chi connectivity index (χ2v) is 8.06. The van der Waals surface area contributed by atoms with Gasteiger partial charge in [0.1, 0.15) is 5.76 Å². The minimum absolute atomic E-state index is 0.0210. The van der Waals surface area contributed by atoms with Gasteiger partial charge in [0.25, 0.3) is 0 Å². The molecule has 2 aliphatic rings. The van der Waals surface area contributed by atoms with E-state index in [-0.39, 0.29) is 23.9 Å². The van der Waals surface area contributed by atoms with Crippen LogP contribution in [-0.4, -0.2) is 20.7 Å². The molecule has 26 heavy (non-hydrogen) atoms. The Balaban J connectivity index is 1.89. The first-order valence-electron chi connectivity index (χ1n) is 8.78. The number of fused-ring (bicyclic) bond motifs is 2. The topological polar surface area (TPSA) is 59.5 Å². The minimum Gasteiger partial charge on any atom is -0.523 e. The van der Waals surface area contributed by atoms with Gasteiger partial charge in [-0.2, -0.15) is 5.10 Å². The lowest BCUT2D eigenvalue weighted by Crippen LogP contribution is -2.51. The summed E-state index contributed by atoms with van der Waals surface area (Å²) in [5.74, 6) is 0.0457. The van der Waals surface area contributed by atoms with Crippen LogP contribution in [0.5, 0.6) is 0 Å². The van der Waals surface area contributed by atoms with Crippen molar-refractivity contribution in [2.75, 3.05) is 0 Å². The maximum absolute atomic E-state index is 13.4. The Morgan fingerprint density at radius 1 is 1.27 bits per heavy atom. The number of allylic oxidation sites excluding steroid dienone is 2. The summed E-state index contributed by atoms with van der Waals surface area (Å²) >= 11 is 0. The molecule has 0 bridgehead atoms. The molecule has 5 heteroatoms. The van der Waals surface area contributed by atoms with Crippen LogP contribution in [0.15, 0.2) is 48.0 Å². The minimum atomic E-state index is -0.701. The van der Waals surface area contributed by atoms with Crippen molar-refractivity contribution in [3.8, 4) is 5.69 Å². The fraction of sp³-hybridized carbons (Fsp3) is 0.381. The van der Waals surface area contributed by atoms with E-state index in [9.17, 15) is 9.90 Å². The quantitative estimate of drug-likeness (QED) is 0.780. The summed E-state index contributed by atoms with van der Waals surface area (Å²) < 4.78 is 1.83. The number of nitrogens with zero attached hydrogens (tertiary/aromatic N) is 3. The first kappa shape index (κ1) is 16.6. The first-order chi connectivity index (χ1) is 12.3. The van der Waals surface area contributed by atoms with Crippen LogP contribution in [0.1, 0.15) is 43.2 Å². The number of Topliss-reactive ketones (excluding diaryl/α,β-unsaturated/α-hetero) is 1. The van der Waals surface area contributed by atoms with Gasteiger partial charge in [0.2, 0.25) is 5.70 Å². The van der Waals surface area contributed by atoms with Crippen molar-refractivity contribution in [1.82, 2.24) is 9.78 Å². The van der Waals surface area contributed by atoms with Crippen LogP contribution in [-0.2, 0) is 6.42 Å². The second kappa shape index (κ2) is 5.31. The third-order valence-corrected chi connectivity index (χ3v) is 6.22. The number of aliphatic hydroxyl groups is 1. The number of hydrogen-bond donors (Lipinski definition) is 1. The molecule has 0 fully saturated rings. The van der Waals surface area contributed by atoms with Crippen molar-refractivity contribution in [2.45, 2.75) is 33.6 Å². The molecule has 0 spiro atoms. The summed E-state index contributed by atoms with van der Waals surface area (Å²) in [6.45, 7) is 13.2. The van der Waals surface area contributed by atoms with E-state index >= 15 is 0 Å². The Morgan fingerprint density at radius 3 is 2.62 bits per heavy atom. The van der Waals surface area contributed by atoms with Crippen LogP contribution >= 0.6 is 0 Å². The van der Waals surface area contributed by atoms with Crippen LogP contribution in [0.4, 0.5) is 0 Å². The molecular formula is C21H21N3O2. The fourth-order valence-electron chi connectivity index (χ4n) is 4.75.